The third-order valence-corrected chi connectivity index (χ3v) is 5.09. The van der Waals surface area contributed by atoms with Crippen LogP contribution in [-0.2, 0) is 5.41 Å². The van der Waals surface area contributed by atoms with Gasteiger partial charge in [-0.15, -0.1) is 0 Å². The minimum atomic E-state index is -4.47. The number of alkyl halides is 3. The van der Waals surface area contributed by atoms with Crippen LogP contribution < -0.4 is 0 Å². The molecule has 0 heterocycles. The van der Waals surface area contributed by atoms with Gasteiger partial charge >= 0.3 is 6.18 Å². The van der Waals surface area contributed by atoms with Crippen LogP contribution in [-0.4, -0.2) is 6.18 Å². The van der Waals surface area contributed by atoms with E-state index in [1.54, 1.807) is 66.7 Å². The predicted molar refractivity (Wildman–Crippen MR) is 98.3 cm³/mol. The lowest BCUT2D eigenvalue weighted by atomic mass is 9.75. The van der Waals surface area contributed by atoms with Gasteiger partial charge in [-0.3, -0.25) is 0 Å². The fourth-order valence-electron chi connectivity index (χ4n) is 3.64. The van der Waals surface area contributed by atoms with Crippen molar-refractivity contribution in [3.63, 3.8) is 0 Å². The first-order valence-corrected chi connectivity index (χ1v) is 8.52. The van der Waals surface area contributed by atoms with Gasteiger partial charge in [-0.25, -0.2) is 0 Å². The monoisotopic (exact) mass is 370 g/mol. The van der Waals surface area contributed by atoms with Crippen LogP contribution in [0.1, 0.15) is 22.3 Å². The highest BCUT2D eigenvalue weighted by atomic mass is 35.5. The predicted octanol–water partition coefficient (Wildman–Crippen LogP) is 6.63. The summed E-state index contributed by atoms with van der Waals surface area (Å²) in [7, 11) is 0. The van der Waals surface area contributed by atoms with Gasteiger partial charge in [0.1, 0.15) is 5.41 Å². The van der Waals surface area contributed by atoms with Gasteiger partial charge in [0, 0.05) is 5.02 Å². The molecule has 1 unspecified atom stereocenters. The summed E-state index contributed by atoms with van der Waals surface area (Å²) in [4.78, 5) is 0. The van der Waals surface area contributed by atoms with Crippen molar-refractivity contribution in [3.8, 4) is 0 Å². The first-order chi connectivity index (χ1) is 12.4. The molecule has 0 fully saturated rings. The highest BCUT2D eigenvalue weighted by molar-refractivity contribution is 6.30. The van der Waals surface area contributed by atoms with Gasteiger partial charge in [-0.1, -0.05) is 84.4 Å². The molecule has 26 heavy (non-hydrogen) atoms. The SMILES string of the molecule is FC(F)(F)C1(c2ccccc2)C=C(c2ccc(Cl)cc2)c2ccccc21. The molecule has 0 spiro atoms. The Balaban J connectivity index is 2.04. The number of halogens is 4. The second-order valence-corrected chi connectivity index (χ2v) is 6.72. The van der Waals surface area contributed by atoms with E-state index in [2.05, 4.69) is 0 Å². The topological polar surface area (TPSA) is 0 Å². The maximum Gasteiger partial charge on any atom is 0.405 e. The molecule has 0 aliphatic heterocycles. The van der Waals surface area contributed by atoms with E-state index in [1.165, 1.54) is 18.2 Å². The van der Waals surface area contributed by atoms with E-state index < -0.39 is 11.6 Å². The van der Waals surface area contributed by atoms with E-state index in [-0.39, 0.29) is 11.1 Å². The molecule has 0 bridgehead atoms. The summed E-state index contributed by atoms with van der Waals surface area (Å²) in [6.07, 6.45) is -3.13. The molecule has 1 atom stereocenters. The molecule has 3 aromatic carbocycles. The van der Waals surface area contributed by atoms with Crippen LogP contribution in [0.25, 0.3) is 5.57 Å². The summed E-state index contributed by atoms with van der Waals surface area (Å²) in [5, 5.41) is 0.547. The van der Waals surface area contributed by atoms with Crippen LogP contribution in [0, 0.1) is 0 Å². The Morgan fingerprint density at radius 1 is 0.731 bits per heavy atom. The van der Waals surface area contributed by atoms with Gasteiger partial charge < -0.3 is 0 Å². The Labute approximate surface area is 154 Å². The lowest BCUT2D eigenvalue weighted by Crippen LogP contribution is -2.40. The molecule has 4 rings (SSSR count). The standard InChI is InChI=1S/C22H14ClF3/c23-17-12-10-15(11-13-17)19-14-21(22(24,25)26,16-6-2-1-3-7-16)20-9-5-4-8-18(19)20/h1-14H. The number of hydrogen-bond acceptors (Lipinski definition) is 0. The average Bonchev–Trinajstić information content (AvgIpc) is 3.00. The Morgan fingerprint density at radius 2 is 1.35 bits per heavy atom. The molecule has 1 aliphatic rings. The largest absolute Gasteiger partial charge is 0.405 e. The van der Waals surface area contributed by atoms with Crippen LogP contribution in [0.3, 0.4) is 0 Å². The van der Waals surface area contributed by atoms with Crippen molar-refractivity contribution in [2.75, 3.05) is 0 Å². The van der Waals surface area contributed by atoms with Gasteiger partial charge in [0.2, 0.25) is 0 Å². The normalized spacial score (nSPS) is 19.2. The second kappa shape index (κ2) is 6.03. The van der Waals surface area contributed by atoms with Crippen molar-refractivity contribution in [2.45, 2.75) is 11.6 Å². The van der Waals surface area contributed by atoms with Crippen LogP contribution in [0.4, 0.5) is 13.2 Å². The highest BCUT2D eigenvalue weighted by Gasteiger charge is 2.59. The second-order valence-electron chi connectivity index (χ2n) is 6.28. The number of allylic oxidation sites excluding steroid dienone is 1. The average molecular weight is 371 g/mol. The van der Waals surface area contributed by atoms with E-state index in [0.717, 1.165) is 0 Å². The van der Waals surface area contributed by atoms with Crippen molar-refractivity contribution >= 4 is 17.2 Å². The number of fused-ring (bicyclic) bond motifs is 1. The van der Waals surface area contributed by atoms with Crippen molar-refractivity contribution in [2.24, 2.45) is 0 Å². The fraction of sp³-hybridized carbons (Fsp3) is 0.0909. The molecule has 1 aliphatic carbocycles. The Bertz CT molecular complexity index is 972. The van der Waals surface area contributed by atoms with Crippen molar-refractivity contribution < 1.29 is 13.2 Å². The zero-order chi connectivity index (χ0) is 18.4. The van der Waals surface area contributed by atoms with Crippen LogP contribution in [0.15, 0.2) is 84.9 Å². The molecule has 0 aromatic heterocycles. The summed E-state index contributed by atoms with van der Waals surface area (Å²) in [5.74, 6) is 0. The van der Waals surface area contributed by atoms with E-state index in [9.17, 15) is 13.2 Å². The Kier molecular flexibility index (Phi) is 3.92. The quantitative estimate of drug-likeness (QED) is 0.474. The third kappa shape index (κ3) is 2.46. The van der Waals surface area contributed by atoms with E-state index in [1.807, 2.05) is 0 Å². The molecule has 0 saturated carbocycles. The summed E-state index contributed by atoms with van der Waals surface area (Å²) < 4.78 is 43.4. The van der Waals surface area contributed by atoms with Crippen LogP contribution in [0.5, 0.6) is 0 Å². The third-order valence-electron chi connectivity index (χ3n) is 4.83. The fourth-order valence-corrected chi connectivity index (χ4v) is 3.77. The molecule has 4 heteroatoms. The van der Waals surface area contributed by atoms with Gasteiger partial charge in [-0.05, 0) is 40.0 Å². The molecule has 0 radical (unpaired) electrons. The lowest BCUT2D eigenvalue weighted by molar-refractivity contribution is -0.163. The highest BCUT2D eigenvalue weighted by Crippen LogP contribution is 2.55. The first kappa shape index (κ1) is 16.9. The van der Waals surface area contributed by atoms with Gasteiger partial charge in [0.15, 0.2) is 0 Å². The van der Waals surface area contributed by atoms with E-state index >= 15 is 0 Å². The smallest absolute Gasteiger partial charge is 0.169 e. The molecule has 130 valence electrons. The van der Waals surface area contributed by atoms with Crippen LogP contribution in [0.2, 0.25) is 5.02 Å². The van der Waals surface area contributed by atoms with Gasteiger partial charge in [0.05, 0.1) is 0 Å². The molecule has 0 N–H and O–H groups in total. The summed E-state index contributed by atoms with van der Waals surface area (Å²) in [5.41, 5.74) is 0.172. The zero-order valence-electron chi connectivity index (χ0n) is 13.6. The summed E-state index contributed by atoms with van der Waals surface area (Å²) in [6.45, 7) is 0. The van der Waals surface area contributed by atoms with Crippen LogP contribution >= 0.6 is 11.6 Å². The van der Waals surface area contributed by atoms with Gasteiger partial charge in [0.25, 0.3) is 0 Å². The summed E-state index contributed by atoms with van der Waals surface area (Å²) in [6, 6.07) is 21.7. The molecular weight excluding hydrogens is 357 g/mol. The van der Waals surface area contributed by atoms with Crippen molar-refractivity contribution in [1.82, 2.24) is 0 Å². The maximum atomic E-state index is 14.5. The number of benzene rings is 3. The molecule has 0 nitrogen and oxygen atoms in total. The number of hydrogen-bond donors (Lipinski definition) is 0. The van der Waals surface area contributed by atoms with E-state index in [4.69, 9.17) is 11.6 Å². The summed E-state index contributed by atoms with van der Waals surface area (Å²) >= 11 is 5.94. The molecular formula is C22H14ClF3. The first-order valence-electron chi connectivity index (χ1n) is 8.14. The Morgan fingerprint density at radius 3 is 2.00 bits per heavy atom. The Hall–Kier alpha value is -2.52. The maximum absolute atomic E-state index is 14.5. The molecule has 0 amide bonds. The number of rotatable bonds is 2. The lowest BCUT2D eigenvalue weighted by Gasteiger charge is -2.32. The molecule has 0 saturated heterocycles. The van der Waals surface area contributed by atoms with Crippen molar-refractivity contribution in [1.29, 1.82) is 0 Å². The minimum absolute atomic E-state index is 0.212. The molecule has 3 aromatic rings. The minimum Gasteiger partial charge on any atom is -0.169 e. The van der Waals surface area contributed by atoms with Gasteiger partial charge in [-0.2, -0.15) is 13.2 Å². The van der Waals surface area contributed by atoms with Crippen molar-refractivity contribution in [3.05, 3.63) is 112 Å². The zero-order valence-corrected chi connectivity index (χ0v) is 14.4. The van der Waals surface area contributed by atoms with E-state index in [0.29, 0.717) is 21.7 Å².